The molecule has 0 radical (unpaired) electrons. The number of aryl methyl sites for hydroxylation is 1. The molecule has 1 aromatic heterocycles. The van der Waals surface area contributed by atoms with E-state index in [0.29, 0.717) is 13.1 Å². The molecule has 4 nitrogen and oxygen atoms in total. The minimum absolute atomic E-state index is 0. The highest BCUT2D eigenvalue weighted by atomic mass is 35.5. The maximum atomic E-state index is 12.6. The number of pyridine rings is 1. The van der Waals surface area contributed by atoms with E-state index in [4.69, 9.17) is 5.73 Å². The lowest BCUT2D eigenvalue weighted by Gasteiger charge is -2.29. The summed E-state index contributed by atoms with van der Waals surface area (Å²) in [5.74, 6) is -0.366. The number of rotatable bonds is 4. The van der Waals surface area contributed by atoms with Gasteiger partial charge in [-0.1, -0.05) is 13.8 Å². The molecule has 1 amide bonds. The van der Waals surface area contributed by atoms with Crippen LogP contribution in [0.4, 0.5) is 13.2 Å². The van der Waals surface area contributed by atoms with Gasteiger partial charge in [0.2, 0.25) is 0 Å². The van der Waals surface area contributed by atoms with Gasteiger partial charge in [0.25, 0.3) is 5.91 Å². The molecule has 0 aromatic carbocycles. The van der Waals surface area contributed by atoms with Gasteiger partial charge in [-0.25, -0.2) is 4.98 Å². The van der Waals surface area contributed by atoms with Crippen molar-refractivity contribution < 1.29 is 18.0 Å². The molecule has 2 N–H and O–H groups in total. The van der Waals surface area contributed by atoms with Crippen molar-refractivity contribution >= 4 is 18.3 Å². The first-order chi connectivity index (χ1) is 9.48. The van der Waals surface area contributed by atoms with E-state index in [1.165, 1.54) is 17.9 Å². The van der Waals surface area contributed by atoms with Gasteiger partial charge < -0.3 is 10.6 Å². The largest absolute Gasteiger partial charge is 0.433 e. The fourth-order valence-electron chi connectivity index (χ4n) is 1.93. The fraction of sp³-hybridized carbons (Fsp3) is 0.571. The number of hydrogen-bond donors (Lipinski definition) is 1. The third-order valence-electron chi connectivity index (χ3n) is 3.17. The van der Waals surface area contributed by atoms with E-state index in [9.17, 15) is 18.0 Å². The molecule has 0 fully saturated rings. The number of nitrogens with zero attached hydrogens (tertiary/aromatic N) is 2. The van der Waals surface area contributed by atoms with Gasteiger partial charge in [0, 0.05) is 13.6 Å². The second kappa shape index (κ2) is 7.28. The lowest BCUT2D eigenvalue weighted by atomic mass is 9.93. The predicted octanol–water partition coefficient (Wildman–Crippen LogP) is 2.89. The molecule has 126 valence electrons. The van der Waals surface area contributed by atoms with E-state index >= 15 is 0 Å². The standard InChI is InChI=1S/C14H20F3N3O.ClH/c1-9-10(5-6-11(19-9)14(15,16)17)12(21)20(4)8-13(2,3)7-18;/h5-6H,7-8,18H2,1-4H3;1H. The first-order valence-corrected chi connectivity index (χ1v) is 6.48. The van der Waals surface area contributed by atoms with Gasteiger partial charge in [-0.3, -0.25) is 4.79 Å². The molecule has 0 aliphatic rings. The highest BCUT2D eigenvalue weighted by Crippen LogP contribution is 2.28. The Morgan fingerprint density at radius 2 is 1.86 bits per heavy atom. The van der Waals surface area contributed by atoms with Crippen LogP contribution in [0, 0.1) is 12.3 Å². The maximum absolute atomic E-state index is 12.6. The van der Waals surface area contributed by atoms with Crippen molar-refractivity contribution in [3.8, 4) is 0 Å². The topological polar surface area (TPSA) is 59.2 Å². The fourth-order valence-corrected chi connectivity index (χ4v) is 1.93. The summed E-state index contributed by atoms with van der Waals surface area (Å²) in [5, 5.41) is 0. The average molecular weight is 340 g/mol. The van der Waals surface area contributed by atoms with Crippen molar-refractivity contribution in [2.75, 3.05) is 20.1 Å². The van der Waals surface area contributed by atoms with E-state index in [0.717, 1.165) is 6.07 Å². The van der Waals surface area contributed by atoms with Crippen molar-refractivity contribution in [3.63, 3.8) is 0 Å². The summed E-state index contributed by atoms with van der Waals surface area (Å²) in [6.45, 7) is 6.02. The molecular weight excluding hydrogens is 319 g/mol. The first-order valence-electron chi connectivity index (χ1n) is 6.48. The summed E-state index contributed by atoms with van der Waals surface area (Å²) in [4.78, 5) is 17.2. The number of carbonyl (C=O) groups is 1. The third kappa shape index (κ3) is 5.14. The van der Waals surface area contributed by atoms with Crippen molar-refractivity contribution in [1.82, 2.24) is 9.88 Å². The summed E-state index contributed by atoms with van der Waals surface area (Å²) in [6, 6.07) is 1.99. The van der Waals surface area contributed by atoms with Crippen LogP contribution in [-0.4, -0.2) is 35.9 Å². The molecule has 22 heavy (non-hydrogen) atoms. The molecule has 0 saturated carbocycles. The number of alkyl halides is 3. The van der Waals surface area contributed by atoms with Gasteiger partial charge in [-0.2, -0.15) is 13.2 Å². The highest BCUT2D eigenvalue weighted by molar-refractivity contribution is 5.95. The predicted molar refractivity (Wildman–Crippen MR) is 81.0 cm³/mol. The van der Waals surface area contributed by atoms with E-state index < -0.39 is 11.9 Å². The zero-order valence-corrected chi connectivity index (χ0v) is 13.8. The Balaban J connectivity index is 0.00000441. The van der Waals surface area contributed by atoms with Crippen molar-refractivity contribution in [2.45, 2.75) is 26.9 Å². The summed E-state index contributed by atoms with van der Waals surface area (Å²) >= 11 is 0. The van der Waals surface area contributed by atoms with Crippen LogP contribution >= 0.6 is 12.4 Å². The number of halogens is 4. The van der Waals surface area contributed by atoms with Crippen LogP contribution < -0.4 is 5.73 Å². The Labute approximate surface area is 134 Å². The monoisotopic (exact) mass is 339 g/mol. The molecule has 1 heterocycles. The zero-order chi connectivity index (χ0) is 16.4. The lowest BCUT2D eigenvalue weighted by Crippen LogP contribution is -2.40. The summed E-state index contributed by atoms with van der Waals surface area (Å²) < 4.78 is 37.7. The molecule has 0 aliphatic heterocycles. The zero-order valence-electron chi connectivity index (χ0n) is 13.0. The molecule has 1 aromatic rings. The van der Waals surface area contributed by atoms with Crippen LogP contribution in [0.15, 0.2) is 12.1 Å². The highest BCUT2D eigenvalue weighted by Gasteiger charge is 2.33. The van der Waals surface area contributed by atoms with Crippen LogP contribution in [0.25, 0.3) is 0 Å². The molecule has 0 bridgehead atoms. The van der Waals surface area contributed by atoms with E-state index in [1.807, 2.05) is 13.8 Å². The lowest BCUT2D eigenvalue weighted by molar-refractivity contribution is -0.141. The third-order valence-corrected chi connectivity index (χ3v) is 3.17. The van der Waals surface area contributed by atoms with E-state index in [1.54, 1.807) is 7.05 Å². The summed E-state index contributed by atoms with van der Waals surface area (Å²) in [7, 11) is 1.59. The Morgan fingerprint density at radius 3 is 2.27 bits per heavy atom. The Bertz CT molecular complexity index is 533. The van der Waals surface area contributed by atoms with Gasteiger partial charge in [-0.15, -0.1) is 12.4 Å². The molecular formula is C14H21ClF3N3O. The number of aromatic nitrogens is 1. The van der Waals surface area contributed by atoms with Crippen molar-refractivity contribution in [2.24, 2.45) is 11.1 Å². The Kier molecular flexibility index (Phi) is 6.84. The normalized spacial score (nSPS) is 11.8. The Hall–Kier alpha value is -1.34. The number of nitrogens with two attached hydrogens (primary N) is 1. The van der Waals surface area contributed by atoms with Crippen LogP contribution in [-0.2, 0) is 6.18 Å². The Morgan fingerprint density at radius 1 is 1.32 bits per heavy atom. The van der Waals surface area contributed by atoms with Gasteiger partial charge in [-0.05, 0) is 31.0 Å². The van der Waals surface area contributed by atoms with Gasteiger partial charge in [0.05, 0.1) is 11.3 Å². The second-order valence-electron chi connectivity index (χ2n) is 5.86. The van der Waals surface area contributed by atoms with Crippen molar-refractivity contribution in [3.05, 3.63) is 29.1 Å². The van der Waals surface area contributed by atoms with Gasteiger partial charge in [0.1, 0.15) is 5.69 Å². The molecule has 8 heteroatoms. The van der Waals surface area contributed by atoms with Crippen molar-refractivity contribution in [1.29, 1.82) is 0 Å². The number of carbonyl (C=O) groups excluding carboxylic acids is 1. The first kappa shape index (κ1) is 20.7. The smallest absolute Gasteiger partial charge is 0.341 e. The maximum Gasteiger partial charge on any atom is 0.433 e. The summed E-state index contributed by atoms with van der Waals surface area (Å²) in [6.07, 6.45) is -4.51. The van der Waals surface area contributed by atoms with E-state index in [2.05, 4.69) is 4.98 Å². The number of hydrogen-bond acceptors (Lipinski definition) is 3. The molecule has 0 atom stereocenters. The molecule has 0 saturated heterocycles. The van der Waals surface area contributed by atoms with Crippen LogP contribution in [0.5, 0.6) is 0 Å². The molecule has 0 spiro atoms. The average Bonchev–Trinajstić information content (AvgIpc) is 2.36. The van der Waals surface area contributed by atoms with Crippen LogP contribution in [0.2, 0.25) is 0 Å². The SMILES string of the molecule is Cc1nc(C(F)(F)F)ccc1C(=O)N(C)CC(C)(C)CN.Cl. The van der Waals surface area contributed by atoms with Crippen LogP contribution in [0.3, 0.4) is 0 Å². The van der Waals surface area contributed by atoms with E-state index in [-0.39, 0.29) is 35.0 Å². The van der Waals surface area contributed by atoms with Crippen LogP contribution in [0.1, 0.15) is 35.6 Å². The summed E-state index contributed by atoms with van der Waals surface area (Å²) in [5.41, 5.74) is 4.58. The number of amides is 1. The molecule has 0 aliphatic carbocycles. The van der Waals surface area contributed by atoms with Gasteiger partial charge in [0.15, 0.2) is 0 Å². The minimum Gasteiger partial charge on any atom is -0.341 e. The molecule has 0 unspecified atom stereocenters. The quantitative estimate of drug-likeness (QED) is 0.917. The molecule has 1 rings (SSSR count). The minimum atomic E-state index is -4.51. The van der Waals surface area contributed by atoms with Gasteiger partial charge >= 0.3 is 6.18 Å². The second-order valence-corrected chi connectivity index (χ2v) is 5.86.